The molecule has 0 heterocycles. The summed E-state index contributed by atoms with van der Waals surface area (Å²) in [6.45, 7) is -0.511. The third-order valence-corrected chi connectivity index (χ3v) is 4.87. The van der Waals surface area contributed by atoms with Crippen molar-refractivity contribution < 1.29 is 23.7 Å². The Hall–Kier alpha value is -3.55. The van der Waals surface area contributed by atoms with Gasteiger partial charge >= 0.3 is 0 Å². The van der Waals surface area contributed by atoms with Gasteiger partial charge in [0.1, 0.15) is 30.1 Å². The third kappa shape index (κ3) is 4.47. The minimum absolute atomic E-state index is 0.0924. The fourth-order valence-corrected chi connectivity index (χ4v) is 3.27. The number of hydrogen-bond acceptors (Lipinski definition) is 5. The largest absolute Gasteiger partial charge is 0.491 e. The number of fused-ring (bicyclic) bond motifs is 2. The molecule has 0 saturated heterocycles. The van der Waals surface area contributed by atoms with Crippen LogP contribution in [0.4, 0.5) is 20.2 Å². The lowest BCUT2D eigenvalue weighted by Crippen LogP contribution is -2.21. The predicted molar refractivity (Wildman–Crippen MR) is 116 cm³/mol. The van der Waals surface area contributed by atoms with Gasteiger partial charge in [-0.25, -0.2) is 8.78 Å². The van der Waals surface area contributed by atoms with Gasteiger partial charge in [-0.05, 0) is 53.2 Å². The Morgan fingerprint density at radius 2 is 1.68 bits per heavy atom. The van der Waals surface area contributed by atoms with Gasteiger partial charge < -0.3 is 20.3 Å². The molecule has 0 radical (unpaired) electrons. The van der Waals surface area contributed by atoms with Crippen LogP contribution in [0, 0.1) is 11.6 Å². The summed E-state index contributed by atoms with van der Waals surface area (Å²) in [4.78, 5) is 13.1. The van der Waals surface area contributed by atoms with Crippen LogP contribution in [-0.4, -0.2) is 29.5 Å². The van der Waals surface area contributed by atoms with E-state index in [1.807, 2.05) is 0 Å². The molecule has 0 spiro atoms. The summed E-state index contributed by atoms with van der Waals surface area (Å²) in [7, 11) is 0. The first-order chi connectivity index (χ1) is 14.9. The number of ether oxygens (including phenoxy) is 1. The molecule has 0 bridgehead atoms. The molecule has 0 fully saturated rings. The van der Waals surface area contributed by atoms with E-state index in [0.717, 1.165) is 12.1 Å². The maximum atomic E-state index is 13.9. The molecule has 0 amide bonds. The Morgan fingerprint density at radius 3 is 2.45 bits per heavy atom. The average molecular weight is 423 g/mol. The molecule has 0 aromatic heterocycles. The zero-order valence-electron chi connectivity index (χ0n) is 16.3. The summed E-state index contributed by atoms with van der Waals surface area (Å²) in [5, 5.41) is 23.5. The monoisotopic (exact) mass is 423 g/mol. The van der Waals surface area contributed by atoms with Gasteiger partial charge in [0.05, 0.1) is 12.3 Å². The molecule has 0 aliphatic rings. The number of aliphatic hydroxyl groups is 2. The summed E-state index contributed by atoms with van der Waals surface area (Å²) in [6.07, 6.45) is -1.01. The minimum Gasteiger partial charge on any atom is -0.491 e. The summed E-state index contributed by atoms with van der Waals surface area (Å²) < 4.78 is 32.5. The smallest absolute Gasteiger partial charge is 0.194 e. The Labute approximate surface area is 176 Å². The Bertz CT molecular complexity index is 1330. The van der Waals surface area contributed by atoms with Gasteiger partial charge in [0.25, 0.3) is 0 Å². The molecule has 4 aromatic rings. The number of benzene rings is 3. The molecule has 0 unspecified atom stereocenters. The van der Waals surface area contributed by atoms with Gasteiger partial charge in [-0.2, -0.15) is 0 Å². The summed E-state index contributed by atoms with van der Waals surface area (Å²) in [6, 6.07) is 16.9. The van der Waals surface area contributed by atoms with E-state index in [2.05, 4.69) is 5.32 Å². The first-order valence-electron chi connectivity index (χ1n) is 9.59. The second-order valence-electron chi connectivity index (χ2n) is 7.11. The van der Waals surface area contributed by atoms with Crippen molar-refractivity contribution in [3.05, 3.63) is 88.6 Å². The number of rotatable bonds is 6. The summed E-state index contributed by atoms with van der Waals surface area (Å²) in [5.74, 6) is -0.972. The maximum Gasteiger partial charge on any atom is 0.194 e. The van der Waals surface area contributed by atoms with Crippen molar-refractivity contribution in [2.24, 2.45) is 0 Å². The Balaban J connectivity index is 1.73. The molecule has 4 aromatic carbocycles. The lowest BCUT2D eigenvalue weighted by molar-refractivity contribution is 0.0536. The van der Waals surface area contributed by atoms with Crippen LogP contribution in [0.1, 0.15) is 0 Å². The van der Waals surface area contributed by atoms with Gasteiger partial charge in [-0.15, -0.1) is 0 Å². The molecule has 1 atom stereocenters. The SMILES string of the molecule is O=c1c2ccc(Nc3ccc(F)cc3F)cc2ccc2ccc(OC[C@H](O)CO)cc12. The van der Waals surface area contributed by atoms with Crippen molar-refractivity contribution in [2.45, 2.75) is 6.10 Å². The van der Waals surface area contributed by atoms with Crippen molar-refractivity contribution in [2.75, 3.05) is 18.5 Å². The van der Waals surface area contributed by atoms with E-state index < -0.39 is 24.3 Å². The van der Waals surface area contributed by atoms with Crippen molar-refractivity contribution in [3.8, 4) is 5.75 Å². The topological polar surface area (TPSA) is 78.8 Å². The Morgan fingerprint density at radius 1 is 0.903 bits per heavy atom. The second kappa shape index (κ2) is 8.67. The van der Waals surface area contributed by atoms with E-state index in [-0.39, 0.29) is 17.7 Å². The Kier molecular flexibility index (Phi) is 5.79. The molecule has 5 nitrogen and oxygen atoms in total. The van der Waals surface area contributed by atoms with Gasteiger partial charge in [-0.1, -0.05) is 18.2 Å². The molecule has 158 valence electrons. The quantitative estimate of drug-likeness (QED) is 0.435. The average Bonchev–Trinajstić information content (AvgIpc) is 2.90. The van der Waals surface area contributed by atoms with E-state index in [4.69, 9.17) is 9.84 Å². The summed E-state index contributed by atoms with van der Waals surface area (Å²) in [5.41, 5.74) is 0.470. The lowest BCUT2D eigenvalue weighted by atomic mass is 10.1. The normalized spacial score (nSPS) is 12.1. The first kappa shape index (κ1) is 20.7. The van der Waals surface area contributed by atoms with Gasteiger partial charge in [0.2, 0.25) is 0 Å². The van der Waals surface area contributed by atoms with Gasteiger partial charge in [0.15, 0.2) is 5.43 Å². The highest BCUT2D eigenvalue weighted by Gasteiger charge is 2.09. The number of nitrogens with one attached hydrogen (secondary N) is 1. The van der Waals surface area contributed by atoms with Crippen LogP contribution >= 0.6 is 0 Å². The van der Waals surface area contributed by atoms with Crippen LogP contribution in [0.25, 0.3) is 21.5 Å². The molecule has 0 saturated carbocycles. The lowest BCUT2D eigenvalue weighted by Gasteiger charge is -2.09. The highest BCUT2D eigenvalue weighted by molar-refractivity contribution is 5.95. The minimum atomic E-state index is -1.01. The van der Waals surface area contributed by atoms with Gasteiger partial charge in [0, 0.05) is 22.5 Å². The van der Waals surface area contributed by atoms with Gasteiger partial charge in [-0.3, -0.25) is 4.79 Å². The first-order valence-corrected chi connectivity index (χ1v) is 9.59. The van der Waals surface area contributed by atoms with Crippen molar-refractivity contribution in [1.82, 2.24) is 0 Å². The van der Waals surface area contributed by atoms with E-state index >= 15 is 0 Å². The zero-order valence-corrected chi connectivity index (χ0v) is 16.3. The molecule has 31 heavy (non-hydrogen) atoms. The van der Waals surface area contributed by atoms with Crippen LogP contribution in [0.3, 0.4) is 0 Å². The molecular weight excluding hydrogens is 404 g/mol. The van der Waals surface area contributed by atoms with E-state index in [1.165, 1.54) is 6.07 Å². The van der Waals surface area contributed by atoms with Crippen molar-refractivity contribution >= 4 is 32.9 Å². The fraction of sp³-hybridized carbons (Fsp3) is 0.125. The molecule has 0 aliphatic carbocycles. The zero-order chi connectivity index (χ0) is 22.0. The predicted octanol–water partition coefficient (Wildman–Crippen LogP) is 4.11. The van der Waals surface area contributed by atoms with Crippen LogP contribution in [0.2, 0.25) is 0 Å². The van der Waals surface area contributed by atoms with E-state index in [9.17, 15) is 18.7 Å². The van der Waals surface area contributed by atoms with Crippen LogP contribution in [-0.2, 0) is 0 Å². The second-order valence-corrected chi connectivity index (χ2v) is 7.11. The maximum absolute atomic E-state index is 13.9. The number of halogens is 2. The van der Waals surface area contributed by atoms with Crippen LogP contribution < -0.4 is 15.5 Å². The number of anilines is 2. The van der Waals surface area contributed by atoms with Crippen LogP contribution in [0.5, 0.6) is 5.75 Å². The highest BCUT2D eigenvalue weighted by Crippen LogP contribution is 2.25. The highest BCUT2D eigenvalue weighted by atomic mass is 19.1. The number of hydrogen-bond donors (Lipinski definition) is 3. The van der Waals surface area contributed by atoms with E-state index in [1.54, 1.807) is 48.5 Å². The molecule has 0 aliphatic heterocycles. The van der Waals surface area contributed by atoms with E-state index in [0.29, 0.717) is 33.0 Å². The van der Waals surface area contributed by atoms with Crippen molar-refractivity contribution in [1.29, 1.82) is 0 Å². The molecule has 3 N–H and O–H groups in total. The van der Waals surface area contributed by atoms with Crippen molar-refractivity contribution in [3.63, 3.8) is 0 Å². The number of aliphatic hydroxyl groups excluding tert-OH is 2. The molecule has 4 rings (SSSR count). The molecule has 7 heteroatoms. The standard InChI is InChI=1S/C24H19F2NO4/c25-16-4-8-23(22(26)10-16)27-17-5-7-20-15(9-17)2-1-14-3-6-19(11-21(14)24(20)30)31-13-18(29)12-28/h1-11,18,27-29H,12-13H2/t18-/m1/s1. The van der Waals surface area contributed by atoms with Crippen LogP contribution in [0.15, 0.2) is 71.5 Å². The summed E-state index contributed by atoms with van der Waals surface area (Å²) >= 11 is 0. The fourth-order valence-electron chi connectivity index (χ4n) is 3.27. The third-order valence-electron chi connectivity index (χ3n) is 4.87. The molecular formula is C24H19F2NO4.